The van der Waals surface area contributed by atoms with Crippen LogP contribution in [-0.4, -0.2) is 23.2 Å². The molecule has 1 N–H and O–H groups in total. The Morgan fingerprint density at radius 2 is 2.15 bits per heavy atom. The zero-order valence-electron chi connectivity index (χ0n) is 11.9. The van der Waals surface area contributed by atoms with Crippen molar-refractivity contribution in [2.75, 3.05) is 13.1 Å². The van der Waals surface area contributed by atoms with E-state index in [0.29, 0.717) is 5.92 Å². The van der Waals surface area contributed by atoms with Crippen LogP contribution in [0.5, 0.6) is 0 Å². The molecular formula is C16H21N3O. The van der Waals surface area contributed by atoms with Crippen LogP contribution in [0.25, 0.3) is 0 Å². The third-order valence-corrected chi connectivity index (χ3v) is 3.88. The molecule has 1 aliphatic heterocycles. The van der Waals surface area contributed by atoms with Crippen molar-refractivity contribution in [1.29, 1.82) is 0 Å². The molecule has 1 fully saturated rings. The van der Waals surface area contributed by atoms with Crippen LogP contribution >= 0.6 is 0 Å². The van der Waals surface area contributed by atoms with Crippen molar-refractivity contribution in [3.8, 4) is 0 Å². The number of hydrogen-bond donors (Lipinski definition) is 1. The van der Waals surface area contributed by atoms with Gasteiger partial charge in [0.2, 0.25) is 5.89 Å². The number of piperidine rings is 1. The summed E-state index contributed by atoms with van der Waals surface area (Å²) in [6.07, 6.45) is 4.07. The van der Waals surface area contributed by atoms with E-state index in [1.807, 2.05) is 0 Å². The van der Waals surface area contributed by atoms with E-state index in [9.17, 15) is 0 Å². The van der Waals surface area contributed by atoms with Crippen LogP contribution in [0, 0.1) is 12.8 Å². The third-order valence-electron chi connectivity index (χ3n) is 3.88. The van der Waals surface area contributed by atoms with Crippen molar-refractivity contribution < 1.29 is 4.52 Å². The molecule has 0 aliphatic carbocycles. The van der Waals surface area contributed by atoms with Gasteiger partial charge >= 0.3 is 0 Å². The molecule has 0 saturated carbocycles. The Kier molecular flexibility index (Phi) is 4.11. The van der Waals surface area contributed by atoms with Crippen molar-refractivity contribution in [3.05, 3.63) is 47.1 Å². The van der Waals surface area contributed by atoms with E-state index >= 15 is 0 Å². The van der Waals surface area contributed by atoms with Crippen LogP contribution in [0.15, 0.2) is 28.8 Å². The van der Waals surface area contributed by atoms with E-state index in [1.54, 1.807) is 0 Å². The largest absolute Gasteiger partial charge is 0.339 e. The lowest BCUT2D eigenvalue weighted by atomic mass is 9.95. The highest BCUT2D eigenvalue weighted by Crippen LogP contribution is 2.17. The molecular weight excluding hydrogens is 250 g/mol. The van der Waals surface area contributed by atoms with Gasteiger partial charge in [-0.2, -0.15) is 4.98 Å². The summed E-state index contributed by atoms with van der Waals surface area (Å²) in [6.45, 7) is 4.31. The van der Waals surface area contributed by atoms with Crippen molar-refractivity contribution in [2.45, 2.75) is 32.6 Å². The van der Waals surface area contributed by atoms with Gasteiger partial charge in [0.05, 0.1) is 0 Å². The highest BCUT2D eigenvalue weighted by Gasteiger charge is 2.17. The molecule has 1 saturated heterocycles. The molecule has 1 aliphatic rings. The molecule has 0 unspecified atom stereocenters. The summed E-state index contributed by atoms with van der Waals surface area (Å²) in [6, 6.07) is 8.45. The predicted molar refractivity (Wildman–Crippen MR) is 77.6 cm³/mol. The van der Waals surface area contributed by atoms with Crippen molar-refractivity contribution in [3.63, 3.8) is 0 Å². The fourth-order valence-electron chi connectivity index (χ4n) is 2.78. The average molecular weight is 271 g/mol. The quantitative estimate of drug-likeness (QED) is 0.928. The number of nitrogens with one attached hydrogen (secondary N) is 1. The van der Waals surface area contributed by atoms with Gasteiger partial charge in [-0.1, -0.05) is 35.0 Å². The number of aryl methyl sites for hydroxylation is 1. The van der Waals surface area contributed by atoms with Crippen LogP contribution in [0.3, 0.4) is 0 Å². The lowest BCUT2D eigenvalue weighted by Crippen LogP contribution is -2.28. The van der Waals surface area contributed by atoms with Gasteiger partial charge in [-0.05, 0) is 44.3 Å². The number of hydrogen-bond acceptors (Lipinski definition) is 4. The molecule has 0 radical (unpaired) electrons. The summed E-state index contributed by atoms with van der Waals surface area (Å²) in [5.74, 6) is 2.27. The van der Waals surface area contributed by atoms with Crippen molar-refractivity contribution in [1.82, 2.24) is 15.5 Å². The van der Waals surface area contributed by atoms with Gasteiger partial charge < -0.3 is 9.84 Å². The van der Waals surface area contributed by atoms with Crippen LogP contribution in [0.4, 0.5) is 0 Å². The molecule has 2 heterocycles. The van der Waals surface area contributed by atoms with E-state index < -0.39 is 0 Å². The SMILES string of the molecule is Cc1cccc(Cc2noc(CC3CCNCC3)n2)c1. The molecule has 0 bridgehead atoms. The standard InChI is InChI=1S/C16H21N3O/c1-12-3-2-4-14(9-12)10-15-18-16(20-19-15)11-13-5-7-17-8-6-13/h2-4,9,13,17H,5-8,10-11H2,1H3. The van der Waals surface area contributed by atoms with E-state index in [-0.39, 0.29) is 0 Å². The summed E-state index contributed by atoms with van der Waals surface area (Å²) in [5, 5.41) is 7.48. The predicted octanol–water partition coefficient (Wildman–Crippen LogP) is 2.51. The topological polar surface area (TPSA) is 51.0 Å². The Hall–Kier alpha value is -1.68. The summed E-state index contributed by atoms with van der Waals surface area (Å²) in [7, 11) is 0. The number of rotatable bonds is 4. The highest BCUT2D eigenvalue weighted by atomic mass is 16.5. The van der Waals surface area contributed by atoms with Gasteiger partial charge in [-0.3, -0.25) is 0 Å². The Bertz CT molecular complexity index is 558. The van der Waals surface area contributed by atoms with Gasteiger partial charge in [-0.25, -0.2) is 0 Å². The Morgan fingerprint density at radius 1 is 1.30 bits per heavy atom. The number of aromatic nitrogens is 2. The summed E-state index contributed by atoms with van der Waals surface area (Å²) in [4.78, 5) is 4.53. The minimum atomic E-state index is 0.684. The van der Waals surface area contributed by atoms with Crippen LogP contribution in [0.2, 0.25) is 0 Å². The zero-order chi connectivity index (χ0) is 13.8. The van der Waals surface area contributed by atoms with Gasteiger partial charge in [0.1, 0.15) is 0 Å². The van der Waals surface area contributed by atoms with E-state index in [4.69, 9.17) is 4.52 Å². The monoisotopic (exact) mass is 271 g/mol. The van der Waals surface area contributed by atoms with E-state index in [1.165, 1.54) is 24.0 Å². The van der Waals surface area contributed by atoms with Gasteiger partial charge in [0, 0.05) is 12.8 Å². The average Bonchev–Trinajstić information content (AvgIpc) is 2.87. The maximum atomic E-state index is 5.39. The maximum Gasteiger partial charge on any atom is 0.226 e. The minimum Gasteiger partial charge on any atom is -0.339 e. The lowest BCUT2D eigenvalue weighted by Gasteiger charge is -2.20. The number of nitrogens with zero attached hydrogens (tertiary/aromatic N) is 2. The fraction of sp³-hybridized carbons (Fsp3) is 0.500. The second-order valence-electron chi connectivity index (χ2n) is 5.67. The Labute approximate surface area is 119 Å². The number of benzene rings is 1. The van der Waals surface area contributed by atoms with Crippen LogP contribution in [-0.2, 0) is 12.8 Å². The molecule has 1 aromatic heterocycles. The Morgan fingerprint density at radius 3 is 2.95 bits per heavy atom. The first-order valence-corrected chi connectivity index (χ1v) is 7.37. The van der Waals surface area contributed by atoms with Crippen molar-refractivity contribution >= 4 is 0 Å². The molecule has 0 atom stereocenters. The molecule has 3 rings (SSSR count). The van der Waals surface area contributed by atoms with Gasteiger partial charge in [-0.15, -0.1) is 0 Å². The Balaban J connectivity index is 1.61. The molecule has 20 heavy (non-hydrogen) atoms. The minimum absolute atomic E-state index is 0.684. The first-order chi connectivity index (χ1) is 9.79. The van der Waals surface area contributed by atoms with Crippen LogP contribution in [0.1, 0.15) is 35.7 Å². The lowest BCUT2D eigenvalue weighted by molar-refractivity contribution is 0.312. The smallest absolute Gasteiger partial charge is 0.226 e. The van der Waals surface area contributed by atoms with Gasteiger partial charge in [0.25, 0.3) is 0 Å². The maximum absolute atomic E-state index is 5.39. The first-order valence-electron chi connectivity index (χ1n) is 7.37. The van der Waals surface area contributed by atoms with Crippen LogP contribution < -0.4 is 5.32 Å². The second-order valence-corrected chi connectivity index (χ2v) is 5.67. The zero-order valence-corrected chi connectivity index (χ0v) is 11.9. The molecule has 1 aromatic carbocycles. The third kappa shape index (κ3) is 3.45. The summed E-state index contributed by atoms with van der Waals surface area (Å²) >= 11 is 0. The second kappa shape index (κ2) is 6.18. The fourth-order valence-corrected chi connectivity index (χ4v) is 2.78. The highest BCUT2D eigenvalue weighted by molar-refractivity contribution is 5.24. The summed E-state index contributed by atoms with van der Waals surface area (Å²) in [5.41, 5.74) is 2.50. The first kappa shape index (κ1) is 13.3. The molecule has 0 spiro atoms. The molecule has 4 heteroatoms. The molecule has 4 nitrogen and oxygen atoms in total. The normalized spacial score (nSPS) is 16.4. The molecule has 2 aromatic rings. The van der Waals surface area contributed by atoms with Crippen molar-refractivity contribution in [2.24, 2.45) is 5.92 Å². The molecule has 106 valence electrons. The van der Waals surface area contributed by atoms with E-state index in [0.717, 1.165) is 37.6 Å². The van der Waals surface area contributed by atoms with Gasteiger partial charge in [0.15, 0.2) is 5.82 Å². The molecule has 0 amide bonds. The van der Waals surface area contributed by atoms with E-state index in [2.05, 4.69) is 46.6 Å². The summed E-state index contributed by atoms with van der Waals surface area (Å²) < 4.78 is 5.39.